The van der Waals surface area contributed by atoms with Gasteiger partial charge in [-0.15, -0.1) is 0 Å². The van der Waals surface area contributed by atoms with Crippen LogP contribution in [0.1, 0.15) is 37.5 Å². The van der Waals surface area contributed by atoms with Crippen LogP contribution in [0.5, 0.6) is 0 Å². The van der Waals surface area contributed by atoms with Crippen molar-refractivity contribution >= 4 is 5.97 Å². The summed E-state index contributed by atoms with van der Waals surface area (Å²) in [5.74, 6) is -0.00345. The van der Waals surface area contributed by atoms with Gasteiger partial charge in [0.25, 0.3) is 0 Å². The number of hydrogen-bond acceptors (Lipinski definition) is 3. The predicted octanol–water partition coefficient (Wildman–Crippen LogP) is 2.28. The smallest absolute Gasteiger partial charge is 0.305 e. The Balaban J connectivity index is 2.10. The SMILES string of the molecule is O=C(O)CC(c1ccco1)N1CCCCC1. The first-order valence-corrected chi connectivity index (χ1v) is 5.76. The Bertz CT molecular complexity index is 328. The number of furan rings is 1. The summed E-state index contributed by atoms with van der Waals surface area (Å²) >= 11 is 0. The number of carbonyl (C=O) groups is 1. The first-order chi connectivity index (χ1) is 7.77. The summed E-state index contributed by atoms with van der Waals surface area (Å²) in [6, 6.07) is 3.57. The van der Waals surface area contributed by atoms with Gasteiger partial charge in [0.2, 0.25) is 0 Å². The van der Waals surface area contributed by atoms with E-state index in [9.17, 15) is 4.79 Å². The van der Waals surface area contributed by atoms with Crippen LogP contribution in [0.15, 0.2) is 22.8 Å². The van der Waals surface area contributed by atoms with E-state index in [2.05, 4.69) is 4.90 Å². The Hall–Kier alpha value is -1.29. The maximum atomic E-state index is 10.9. The normalized spacial score (nSPS) is 19.5. The molecule has 1 aromatic heterocycles. The number of carboxylic acid groups (broad SMARTS) is 1. The Labute approximate surface area is 94.9 Å². The molecule has 0 bridgehead atoms. The minimum atomic E-state index is -0.771. The molecule has 1 aliphatic rings. The van der Waals surface area contributed by atoms with E-state index in [4.69, 9.17) is 9.52 Å². The van der Waals surface area contributed by atoms with E-state index in [1.807, 2.05) is 12.1 Å². The van der Waals surface area contributed by atoms with E-state index in [0.29, 0.717) is 0 Å². The molecule has 0 saturated carbocycles. The largest absolute Gasteiger partial charge is 0.481 e. The quantitative estimate of drug-likeness (QED) is 0.850. The Morgan fingerprint density at radius 3 is 2.75 bits per heavy atom. The lowest BCUT2D eigenvalue weighted by Crippen LogP contribution is -2.34. The van der Waals surface area contributed by atoms with Crippen LogP contribution >= 0.6 is 0 Å². The maximum Gasteiger partial charge on any atom is 0.305 e. The van der Waals surface area contributed by atoms with E-state index >= 15 is 0 Å². The molecule has 2 heterocycles. The molecule has 1 aliphatic heterocycles. The lowest BCUT2D eigenvalue weighted by Gasteiger charge is -2.32. The first-order valence-electron chi connectivity index (χ1n) is 5.76. The molecule has 1 aromatic rings. The zero-order valence-electron chi connectivity index (χ0n) is 9.26. The molecule has 1 fully saturated rings. The average molecular weight is 223 g/mol. The van der Waals surface area contributed by atoms with E-state index < -0.39 is 5.97 Å². The van der Waals surface area contributed by atoms with Crippen LogP contribution in [-0.2, 0) is 4.79 Å². The second kappa shape index (κ2) is 5.16. The Kier molecular flexibility index (Phi) is 3.62. The summed E-state index contributed by atoms with van der Waals surface area (Å²) in [6.07, 6.45) is 5.27. The first kappa shape index (κ1) is 11.2. The van der Waals surface area contributed by atoms with Gasteiger partial charge in [0.1, 0.15) is 5.76 Å². The standard InChI is InChI=1S/C12H17NO3/c14-12(15)9-10(11-5-4-8-16-11)13-6-2-1-3-7-13/h4-5,8,10H,1-3,6-7,9H2,(H,14,15). The number of likely N-dealkylation sites (tertiary alicyclic amines) is 1. The van der Waals surface area contributed by atoms with Crippen LogP contribution < -0.4 is 0 Å². The molecular weight excluding hydrogens is 206 g/mol. The third-order valence-corrected chi connectivity index (χ3v) is 3.07. The highest BCUT2D eigenvalue weighted by atomic mass is 16.4. The van der Waals surface area contributed by atoms with Gasteiger partial charge in [0.15, 0.2) is 0 Å². The van der Waals surface area contributed by atoms with E-state index in [-0.39, 0.29) is 12.5 Å². The molecule has 2 rings (SSSR count). The number of rotatable bonds is 4. The number of aliphatic carboxylic acids is 1. The molecule has 1 atom stereocenters. The van der Waals surface area contributed by atoms with Crippen molar-refractivity contribution in [1.82, 2.24) is 4.90 Å². The average Bonchev–Trinajstić information content (AvgIpc) is 2.80. The van der Waals surface area contributed by atoms with Crippen LogP contribution in [0.25, 0.3) is 0 Å². The van der Waals surface area contributed by atoms with Crippen molar-refractivity contribution in [3.8, 4) is 0 Å². The molecule has 0 spiro atoms. The van der Waals surface area contributed by atoms with Gasteiger partial charge in [-0.1, -0.05) is 6.42 Å². The second-order valence-electron chi connectivity index (χ2n) is 4.23. The number of nitrogens with zero attached hydrogens (tertiary/aromatic N) is 1. The van der Waals surface area contributed by atoms with Crippen molar-refractivity contribution in [2.75, 3.05) is 13.1 Å². The predicted molar refractivity (Wildman–Crippen MR) is 59.1 cm³/mol. The lowest BCUT2D eigenvalue weighted by atomic mass is 10.0. The summed E-state index contributed by atoms with van der Waals surface area (Å²) in [6.45, 7) is 1.94. The minimum Gasteiger partial charge on any atom is -0.481 e. The Morgan fingerprint density at radius 1 is 1.44 bits per heavy atom. The lowest BCUT2D eigenvalue weighted by molar-refractivity contribution is -0.138. The van der Waals surface area contributed by atoms with Crippen molar-refractivity contribution in [1.29, 1.82) is 0 Å². The summed E-state index contributed by atoms with van der Waals surface area (Å²) < 4.78 is 5.34. The summed E-state index contributed by atoms with van der Waals surface area (Å²) in [7, 11) is 0. The van der Waals surface area contributed by atoms with E-state index in [0.717, 1.165) is 31.7 Å². The summed E-state index contributed by atoms with van der Waals surface area (Å²) in [4.78, 5) is 13.1. The van der Waals surface area contributed by atoms with Gasteiger partial charge >= 0.3 is 5.97 Å². The van der Waals surface area contributed by atoms with E-state index in [1.54, 1.807) is 6.26 Å². The van der Waals surface area contributed by atoms with Crippen molar-refractivity contribution in [3.63, 3.8) is 0 Å². The summed E-state index contributed by atoms with van der Waals surface area (Å²) in [5.41, 5.74) is 0. The fraction of sp³-hybridized carbons (Fsp3) is 0.583. The molecule has 0 aliphatic carbocycles. The highest BCUT2D eigenvalue weighted by molar-refractivity contribution is 5.67. The molecule has 0 amide bonds. The third kappa shape index (κ3) is 2.64. The highest BCUT2D eigenvalue weighted by Gasteiger charge is 2.26. The van der Waals surface area contributed by atoms with Crippen molar-refractivity contribution < 1.29 is 14.3 Å². The Morgan fingerprint density at radius 2 is 2.19 bits per heavy atom. The fourth-order valence-electron chi connectivity index (χ4n) is 2.29. The number of carboxylic acids is 1. The molecule has 1 N–H and O–H groups in total. The van der Waals surface area contributed by atoms with Gasteiger partial charge in [0, 0.05) is 0 Å². The number of hydrogen-bond donors (Lipinski definition) is 1. The summed E-state index contributed by atoms with van der Waals surface area (Å²) in [5, 5.41) is 8.95. The van der Waals surface area contributed by atoms with Crippen molar-refractivity contribution in [3.05, 3.63) is 24.2 Å². The molecular formula is C12H17NO3. The monoisotopic (exact) mass is 223 g/mol. The molecule has 1 saturated heterocycles. The molecule has 16 heavy (non-hydrogen) atoms. The maximum absolute atomic E-state index is 10.9. The number of piperidine rings is 1. The van der Waals surface area contributed by atoms with Gasteiger partial charge in [-0.3, -0.25) is 9.69 Å². The van der Waals surface area contributed by atoms with Gasteiger partial charge in [0.05, 0.1) is 18.7 Å². The highest BCUT2D eigenvalue weighted by Crippen LogP contribution is 2.27. The molecule has 0 radical (unpaired) electrons. The van der Waals surface area contributed by atoms with Crippen LogP contribution in [-0.4, -0.2) is 29.1 Å². The van der Waals surface area contributed by atoms with Crippen LogP contribution in [0.3, 0.4) is 0 Å². The topological polar surface area (TPSA) is 53.7 Å². The van der Waals surface area contributed by atoms with Crippen LogP contribution in [0.4, 0.5) is 0 Å². The second-order valence-corrected chi connectivity index (χ2v) is 4.23. The van der Waals surface area contributed by atoms with Gasteiger partial charge in [-0.25, -0.2) is 0 Å². The van der Waals surface area contributed by atoms with Gasteiger partial charge < -0.3 is 9.52 Å². The third-order valence-electron chi connectivity index (χ3n) is 3.07. The molecule has 1 unspecified atom stereocenters. The van der Waals surface area contributed by atoms with Crippen molar-refractivity contribution in [2.24, 2.45) is 0 Å². The van der Waals surface area contributed by atoms with Gasteiger partial charge in [-0.05, 0) is 38.1 Å². The van der Waals surface area contributed by atoms with Crippen molar-refractivity contribution in [2.45, 2.75) is 31.7 Å². The molecule has 0 aromatic carbocycles. The zero-order valence-corrected chi connectivity index (χ0v) is 9.26. The van der Waals surface area contributed by atoms with E-state index in [1.165, 1.54) is 6.42 Å². The van der Waals surface area contributed by atoms with Gasteiger partial charge in [-0.2, -0.15) is 0 Å². The fourth-order valence-corrected chi connectivity index (χ4v) is 2.29. The molecule has 88 valence electrons. The molecule has 4 nitrogen and oxygen atoms in total. The zero-order chi connectivity index (χ0) is 11.4. The molecule has 4 heteroatoms. The van der Waals surface area contributed by atoms with Crippen LogP contribution in [0, 0.1) is 0 Å². The van der Waals surface area contributed by atoms with Crippen LogP contribution in [0.2, 0.25) is 0 Å². The minimum absolute atomic E-state index is 0.104.